The Bertz CT molecular complexity index is 881. The smallest absolute Gasteiger partial charge is 0.407 e. The normalized spacial score (nSPS) is 22.3. The second kappa shape index (κ2) is 7.95. The van der Waals surface area contributed by atoms with Crippen LogP contribution in [0.3, 0.4) is 0 Å². The molecule has 1 amide bonds. The highest BCUT2D eigenvalue weighted by Gasteiger charge is 2.43. The number of hydrogen-bond acceptors (Lipinski definition) is 5. The van der Waals surface area contributed by atoms with Crippen LogP contribution >= 0.6 is 0 Å². The van der Waals surface area contributed by atoms with Crippen molar-refractivity contribution in [1.29, 1.82) is 0 Å². The molecule has 8 nitrogen and oxygen atoms in total. The molecule has 4 heterocycles. The molecule has 2 aliphatic heterocycles. The molecule has 2 aromatic heterocycles. The highest BCUT2D eigenvalue weighted by Crippen LogP contribution is 2.36. The molecule has 2 aromatic rings. The minimum Gasteiger partial charge on any atom is -0.465 e. The van der Waals surface area contributed by atoms with Crippen LogP contribution in [0.2, 0.25) is 25.7 Å². The third kappa shape index (κ3) is 4.11. The molecule has 2 atom stereocenters. The Morgan fingerprint density at radius 2 is 2.07 bits per heavy atom. The van der Waals surface area contributed by atoms with Gasteiger partial charge >= 0.3 is 6.09 Å². The Morgan fingerprint density at radius 3 is 2.83 bits per heavy atom. The summed E-state index contributed by atoms with van der Waals surface area (Å²) in [6, 6.07) is 3.44. The van der Waals surface area contributed by atoms with Gasteiger partial charge in [0.05, 0.1) is 17.5 Å². The molecule has 4 rings (SSSR count). The first-order chi connectivity index (χ1) is 13.8. The number of likely N-dealkylation sites (tertiary alicyclic amines) is 1. The number of aromatic nitrogens is 3. The first kappa shape index (κ1) is 20.2. The molecule has 0 aliphatic carbocycles. The molecular formula is C20H31N5O3Si. The maximum absolute atomic E-state index is 11.6. The molecule has 2 fully saturated rings. The summed E-state index contributed by atoms with van der Waals surface area (Å²) >= 11 is 0. The second-order valence-electron chi connectivity index (χ2n) is 9.30. The zero-order valence-corrected chi connectivity index (χ0v) is 18.5. The number of nitrogens with zero attached hydrogens (tertiary/aromatic N) is 5. The number of hydrogen-bond donors (Lipinski definition) is 1. The summed E-state index contributed by atoms with van der Waals surface area (Å²) in [7, 11) is -1.10. The van der Waals surface area contributed by atoms with Crippen LogP contribution in [0.15, 0.2) is 18.6 Å². The quantitative estimate of drug-likeness (QED) is 0.572. The maximum Gasteiger partial charge on any atom is 0.407 e. The highest BCUT2D eigenvalue weighted by molar-refractivity contribution is 6.76. The van der Waals surface area contributed by atoms with Gasteiger partial charge in [0.25, 0.3) is 0 Å². The number of anilines is 1. The van der Waals surface area contributed by atoms with Crippen molar-refractivity contribution >= 4 is 31.0 Å². The van der Waals surface area contributed by atoms with E-state index < -0.39 is 14.2 Å². The standard InChI is InChI=1S/C20H31N5O3Si/c1-29(2,3)12-11-28-14-23-9-6-15-18(23)21-13-22-19(15)24-10-7-17-16(24)5-4-8-25(17)20(26)27/h6,9,13,16-17H,4-5,7-8,10-12,14H2,1-3H3,(H,26,27). The van der Waals surface area contributed by atoms with E-state index >= 15 is 0 Å². The molecule has 2 unspecified atom stereocenters. The number of ether oxygens (including phenoxy) is 1. The van der Waals surface area contributed by atoms with Crippen LogP contribution in [0, 0.1) is 0 Å². The average Bonchev–Trinajstić information content (AvgIpc) is 3.28. The predicted octanol–water partition coefficient (Wildman–Crippen LogP) is 3.46. The van der Waals surface area contributed by atoms with E-state index in [4.69, 9.17) is 4.74 Å². The Hall–Kier alpha value is -2.13. The molecule has 0 radical (unpaired) electrons. The summed E-state index contributed by atoms with van der Waals surface area (Å²) < 4.78 is 7.94. The van der Waals surface area contributed by atoms with Crippen LogP contribution in [0.25, 0.3) is 11.0 Å². The molecule has 0 bridgehead atoms. The summed E-state index contributed by atoms with van der Waals surface area (Å²) in [4.78, 5) is 24.6. The molecule has 29 heavy (non-hydrogen) atoms. The summed E-state index contributed by atoms with van der Waals surface area (Å²) in [6.07, 6.45) is 5.56. The fraction of sp³-hybridized carbons (Fsp3) is 0.650. The van der Waals surface area contributed by atoms with Crippen molar-refractivity contribution in [2.75, 3.05) is 24.6 Å². The van der Waals surface area contributed by atoms with Crippen LogP contribution in [0.5, 0.6) is 0 Å². The predicted molar refractivity (Wildman–Crippen MR) is 115 cm³/mol. The zero-order chi connectivity index (χ0) is 20.6. The molecule has 2 saturated heterocycles. The molecular weight excluding hydrogens is 386 g/mol. The monoisotopic (exact) mass is 417 g/mol. The number of piperidine rings is 1. The molecule has 2 aliphatic rings. The lowest BCUT2D eigenvalue weighted by Crippen LogP contribution is -2.51. The first-order valence-corrected chi connectivity index (χ1v) is 14.2. The van der Waals surface area contributed by atoms with Gasteiger partial charge in [0.1, 0.15) is 24.5 Å². The summed E-state index contributed by atoms with van der Waals surface area (Å²) in [5.74, 6) is 0.913. The average molecular weight is 418 g/mol. The van der Waals surface area contributed by atoms with Crippen LogP contribution in [0.1, 0.15) is 19.3 Å². The van der Waals surface area contributed by atoms with Gasteiger partial charge in [-0.3, -0.25) is 0 Å². The lowest BCUT2D eigenvalue weighted by molar-refractivity contribution is 0.0898. The van der Waals surface area contributed by atoms with Crippen molar-refractivity contribution in [3.8, 4) is 0 Å². The van der Waals surface area contributed by atoms with E-state index in [1.807, 2.05) is 10.8 Å². The minimum absolute atomic E-state index is 0.0539. The van der Waals surface area contributed by atoms with E-state index in [1.165, 1.54) is 0 Å². The second-order valence-corrected chi connectivity index (χ2v) is 14.9. The van der Waals surface area contributed by atoms with Crippen molar-refractivity contribution in [3.05, 3.63) is 18.6 Å². The van der Waals surface area contributed by atoms with Crippen molar-refractivity contribution in [1.82, 2.24) is 19.4 Å². The lowest BCUT2D eigenvalue weighted by Gasteiger charge is -2.38. The number of amides is 1. The number of carbonyl (C=O) groups is 1. The Kier molecular flexibility index (Phi) is 5.52. The van der Waals surface area contributed by atoms with E-state index in [0.717, 1.165) is 55.3 Å². The molecule has 0 saturated carbocycles. The van der Waals surface area contributed by atoms with E-state index in [-0.39, 0.29) is 12.1 Å². The molecule has 158 valence electrons. The third-order valence-electron chi connectivity index (χ3n) is 6.09. The van der Waals surface area contributed by atoms with Gasteiger partial charge in [-0.05, 0) is 31.4 Å². The minimum atomic E-state index is -1.10. The van der Waals surface area contributed by atoms with E-state index in [9.17, 15) is 9.90 Å². The molecule has 0 aromatic carbocycles. The fourth-order valence-electron chi connectivity index (χ4n) is 4.55. The van der Waals surface area contributed by atoms with Gasteiger partial charge in [-0.25, -0.2) is 14.8 Å². The van der Waals surface area contributed by atoms with Gasteiger partial charge in [-0.2, -0.15) is 0 Å². The number of fused-ring (bicyclic) bond motifs is 2. The molecule has 1 N–H and O–H groups in total. The largest absolute Gasteiger partial charge is 0.465 e. The molecule has 9 heteroatoms. The SMILES string of the molecule is C[Si](C)(C)CCOCn1ccc2c(N3CCC4C3CCCN4C(=O)O)ncnc21. The van der Waals surface area contributed by atoms with Crippen molar-refractivity contribution < 1.29 is 14.6 Å². The Balaban J connectivity index is 1.52. The summed E-state index contributed by atoms with van der Waals surface area (Å²) in [6.45, 7) is 9.76. The van der Waals surface area contributed by atoms with E-state index in [1.54, 1.807) is 11.2 Å². The van der Waals surface area contributed by atoms with Crippen LogP contribution in [-0.2, 0) is 11.5 Å². The highest BCUT2D eigenvalue weighted by atomic mass is 28.3. The van der Waals surface area contributed by atoms with Crippen molar-refractivity contribution in [2.24, 2.45) is 0 Å². The van der Waals surface area contributed by atoms with Gasteiger partial charge in [0, 0.05) is 34.0 Å². The van der Waals surface area contributed by atoms with Gasteiger partial charge in [-0.1, -0.05) is 19.6 Å². The third-order valence-corrected chi connectivity index (χ3v) is 7.79. The fourth-order valence-corrected chi connectivity index (χ4v) is 5.31. The zero-order valence-electron chi connectivity index (χ0n) is 17.5. The summed E-state index contributed by atoms with van der Waals surface area (Å²) in [5, 5.41) is 10.5. The topological polar surface area (TPSA) is 83.7 Å². The van der Waals surface area contributed by atoms with Gasteiger partial charge in [0.2, 0.25) is 0 Å². The lowest BCUT2D eigenvalue weighted by atomic mass is 9.97. The molecule has 0 spiro atoms. The van der Waals surface area contributed by atoms with E-state index in [2.05, 4.69) is 40.6 Å². The van der Waals surface area contributed by atoms with Crippen molar-refractivity contribution in [3.63, 3.8) is 0 Å². The summed E-state index contributed by atoms with van der Waals surface area (Å²) in [5.41, 5.74) is 0.873. The maximum atomic E-state index is 11.6. The van der Waals surface area contributed by atoms with Crippen LogP contribution in [-0.4, -0.2) is 70.5 Å². The first-order valence-electron chi connectivity index (χ1n) is 10.5. The number of carboxylic acid groups (broad SMARTS) is 1. The number of rotatable bonds is 6. The van der Waals surface area contributed by atoms with Crippen LogP contribution < -0.4 is 4.90 Å². The van der Waals surface area contributed by atoms with Gasteiger partial charge in [0.15, 0.2) is 0 Å². The van der Waals surface area contributed by atoms with Gasteiger partial charge < -0.3 is 24.2 Å². The van der Waals surface area contributed by atoms with Gasteiger partial charge in [-0.15, -0.1) is 0 Å². The Labute approximate surface area is 172 Å². The van der Waals surface area contributed by atoms with E-state index in [0.29, 0.717) is 13.3 Å². The van der Waals surface area contributed by atoms with Crippen LogP contribution in [0.4, 0.5) is 10.6 Å². The Morgan fingerprint density at radius 1 is 1.24 bits per heavy atom. The van der Waals surface area contributed by atoms with Crippen molar-refractivity contribution in [2.45, 2.75) is 63.8 Å².